The first-order chi connectivity index (χ1) is 14.6. The molecule has 1 saturated heterocycles. The van der Waals surface area contributed by atoms with E-state index < -0.39 is 18.1 Å². The van der Waals surface area contributed by atoms with Crippen molar-refractivity contribution in [2.75, 3.05) is 46.4 Å². The van der Waals surface area contributed by atoms with E-state index >= 15 is 0 Å². The Balaban J connectivity index is 0.000000423. The molecule has 2 aliphatic heterocycles. The van der Waals surface area contributed by atoms with Gasteiger partial charge >= 0.3 is 18.1 Å². The molecular weight excluding hydrogens is 421 g/mol. The molecule has 0 bridgehead atoms. The van der Waals surface area contributed by atoms with Crippen LogP contribution in [0.5, 0.6) is 0 Å². The van der Waals surface area contributed by atoms with Crippen LogP contribution in [0.25, 0.3) is 0 Å². The third kappa shape index (κ3) is 8.44. The largest absolute Gasteiger partial charge is 0.490 e. The quantitative estimate of drug-likeness (QED) is 0.677. The van der Waals surface area contributed by atoms with E-state index in [1.54, 1.807) is 4.90 Å². The maximum atomic E-state index is 10.8. The summed E-state index contributed by atoms with van der Waals surface area (Å²) in [6.07, 6.45) is -4.04. The Morgan fingerprint density at radius 3 is 2.61 bits per heavy atom. The van der Waals surface area contributed by atoms with Gasteiger partial charge in [0.25, 0.3) is 0 Å². The average Bonchev–Trinajstić information content (AvgIpc) is 2.67. The van der Waals surface area contributed by atoms with Crippen LogP contribution >= 0.6 is 0 Å². The molecule has 2 N–H and O–H groups in total. The number of hydrogen-bond donors (Lipinski definition) is 2. The van der Waals surface area contributed by atoms with Crippen LogP contribution in [0.2, 0.25) is 0 Å². The van der Waals surface area contributed by atoms with E-state index in [0.717, 1.165) is 39.3 Å². The molecule has 11 heteroatoms. The predicted molar refractivity (Wildman–Crippen MR) is 104 cm³/mol. The summed E-state index contributed by atoms with van der Waals surface area (Å²) in [4.78, 5) is 23.9. The average molecular weight is 448 g/mol. The zero-order valence-electron chi connectivity index (χ0n) is 17.2. The van der Waals surface area contributed by atoms with Crippen molar-refractivity contribution in [3.8, 4) is 0 Å². The van der Waals surface area contributed by atoms with Gasteiger partial charge in [-0.1, -0.05) is 18.2 Å². The maximum absolute atomic E-state index is 10.8. The molecule has 1 fully saturated rings. The highest BCUT2D eigenvalue weighted by atomic mass is 19.4. The van der Waals surface area contributed by atoms with Gasteiger partial charge in [0.2, 0.25) is 0 Å². The number of halogens is 3. The van der Waals surface area contributed by atoms with Gasteiger partial charge in [0, 0.05) is 26.2 Å². The number of alkyl halides is 3. The van der Waals surface area contributed by atoms with Crippen LogP contribution in [-0.2, 0) is 38.6 Å². The van der Waals surface area contributed by atoms with E-state index in [1.165, 1.54) is 16.7 Å². The fourth-order valence-corrected chi connectivity index (χ4v) is 3.57. The normalized spacial score (nSPS) is 19.3. The van der Waals surface area contributed by atoms with Gasteiger partial charge in [-0.25, -0.2) is 4.79 Å². The number of likely N-dealkylation sites (N-methyl/N-ethyl adjacent to an activating group) is 1. The van der Waals surface area contributed by atoms with Crippen molar-refractivity contribution in [3.05, 3.63) is 34.9 Å². The molecule has 0 amide bonds. The lowest BCUT2D eigenvalue weighted by atomic mass is 9.96. The van der Waals surface area contributed by atoms with Gasteiger partial charge in [-0.05, 0) is 30.2 Å². The Labute approximate surface area is 178 Å². The summed E-state index contributed by atoms with van der Waals surface area (Å²) in [5, 5.41) is 16.0. The fourth-order valence-electron chi connectivity index (χ4n) is 3.57. The SMILES string of the molecule is CN(CC(=O)O)CC1CN(Cc2cccc3c2CCOC3)CCO1.O=C(O)C(F)(F)F. The molecule has 2 heterocycles. The minimum atomic E-state index is -5.08. The molecule has 8 nitrogen and oxygen atoms in total. The van der Waals surface area contributed by atoms with Gasteiger partial charge in [0.1, 0.15) is 0 Å². The van der Waals surface area contributed by atoms with Gasteiger partial charge in [-0.3, -0.25) is 14.6 Å². The van der Waals surface area contributed by atoms with E-state index in [2.05, 4.69) is 23.1 Å². The smallest absolute Gasteiger partial charge is 0.480 e. The Bertz CT molecular complexity index is 759. The first-order valence-electron chi connectivity index (χ1n) is 9.78. The highest BCUT2D eigenvalue weighted by Gasteiger charge is 2.38. The standard InChI is InChI=1S/C18H26N2O4.C2HF3O2/c1-19(12-18(21)22)10-16-11-20(6-8-24-16)9-14-3-2-4-15-13-23-7-5-17(14)15;3-2(4,5)1(6)7/h2-4,16H,5-13H2,1H3,(H,21,22);(H,6,7). The topological polar surface area (TPSA) is 99.5 Å². The van der Waals surface area contributed by atoms with Crippen LogP contribution in [0.4, 0.5) is 13.2 Å². The highest BCUT2D eigenvalue weighted by Crippen LogP contribution is 2.23. The van der Waals surface area contributed by atoms with Crippen molar-refractivity contribution in [1.82, 2.24) is 9.80 Å². The van der Waals surface area contributed by atoms with Crippen molar-refractivity contribution in [2.45, 2.75) is 31.9 Å². The number of aliphatic carboxylic acids is 2. The van der Waals surface area contributed by atoms with Crippen LogP contribution in [0, 0.1) is 0 Å². The molecule has 0 aromatic heterocycles. The van der Waals surface area contributed by atoms with Gasteiger partial charge in [0.15, 0.2) is 0 Å². The number of carbonyl (C=O) groups is 2. The molecule has 1 aromatic rings. The Hall–Kier alpha value is -2.21. The summed E-state index contributed by atoms with van der Waals surface area (Å²) in [5.74, 6) is -3.56. The van der Waals surface area contributed by atoms with E-state index in [1.807, 2.05) is 7.05 Å². The van der Waals surface area contributed by atoms with Crippen molar-refractivity contribution in [2.24, 2.45) is 0 Å². The number of morpholine rings is 1. The molecule has 1 aromatic carbocycles. The second-order valence-corrected chi connectivity index (χ2v) is 7.48. The third-order valence-corrected chi connectivity index (χ3v) is 4.90. The third-order valence-electron chi connectivity index (χ3n) is 4.90. The summed E-state index contributed by atoms with van der Waals surface area (Å²) in [5.41, 5.74) is 4.13. The minimum absolute atomic E-state index is 0.0477. The summed E-state index contributed by atoms with van der Waals surface area (Å²) in [7, 11) is 1.82. The number of carboxylic acids is 2. The highest BCUT2D eigenvalue weighted by molar-refractivity contribution is 5.73. The van der Waals surface area contributed by atoms with Gasteiger partial charge in [-0.15, -0.1) is 0 Å². The van der Waals surface area contributed by atoms with Crippen molar-refractivity contribution in [3.63, 3.8) is 0 Å². The molecule has 174 valence electrons. The lowest BCUT2D eigenvalue weighted by molar-refractivity contribution is -0.192. The fraction of sp³-hybridized carbons (Fsp3) is 0.600. The van der Waals surface area contributed by atoms with Crippen molar-refractivity contribution in [1.29, 1.82) is 0 Å². The first-order valence-corrected chi connectivity index (χ1v) is 9.78. The molecule has 31 heavy (non-hydrogen) atoms. The summed E-state index contributed by atoms with van der Waals surface area (Å²) in [6.45, 7) is 5.58. The van der Waals surface area contributed by atoms with Crippen LogP contribution in [0.1, 0.15) is 16.7 Å². The molecule has 0 aliphatic carbocycles. The number of fused-ring (bicyclic) bond motifs is 1. The van der Waals surface area contributed by atoms with Gasteiger partial charge < -0.3 is 19.7 Å². The van der Waals surface area contributed by atoms with Crippen LogP contribution < -0.4 is 0 Å². The van der Waals surface area contributed by atoms with Crippen LogP contribution in [-0.4, -0.2) is 90.7 Å². The Kier molecular flexibility index (Phi) is 9.23. The van der Waals surface area contributed by atoms with Crippen LogP contribution in [0.3, 0.4) is 0 Å². The summed E-state index contributed by atoms with van der Waals surface area (Å²) >= 11 is 0. The van der Waals surface area contributed by atoms with Gasteiger partial charge in [0.05, 0.1) is 32.5 Å². The van der Waals surface area contributed by atoms with Crippen molar-refractivity contribution < 1.29 is 42.4 Å². The lowest BCUT2D eigenvalue weighted by Crippen LogP contribution is -2.47. The molecule has 0 saturated carbocycles. The van der Waals surface area contributed by atoms with E-state index in [4.69, 9.17) is 24.5 Å². The number of nitrogens with zero attached hydrogens (tertiary/aromatic N) is 2. The van der Waals surface area contributed by atoms with Gasteiger partial charge in [-0.2, -0.15) is 13.2 Å². The predicted octanol–water partition coefficient (Wildman–Crippen LogP) is 1.61. The lowest BCUT2D eigenvalue weighted by Gasteiger charge is -2.35. The molecule has 3 rings (SSSR count). The van der Waals surface area contributed by atoms with Crippen molar-refractivity contribution >= 4 is 11.9 Å². The maximum Gasteiger partial charge on any atom is 0.490 e. The second-order valence-electron chi connectivity index (χ2n) is 7.48. The Morgan fingerprint density at radius 2 is 1.97 bits per heavy atom. The number of rotatable bonds is 6. The van der Waals surface area contributed by atoms with E-state index in [-0.39, 0.29) is 12.6 Å². The molecule has 0 spiro atoms. The molecule has 2 aliphatic rings. The second kappa shape index (κ2) is 11.4. The molecular formula is C20H27F3N2O6. The summed E-state index contributed by atoms with van der Waals surface area (Å²) in [6, 6.07) is 6.48. The zero-order valence-corrected chi connectivity index (χ0v) is 17.2. The molecule has 1 atom stereocenters. The number of hydrogen-bond acceptors (Lipinski definition) is 6. The monoisotopic (exact) mass is 448 g/mol. The summed E-state index contributed by atoms with van der Waals surface area (Å²) < 4.78 is 43.1. The number of carboxylic acid groups (broad SMARTS) is 2. The molecule has 1 unspecified atom stereocenters. The number of ether oxygens (including phenoxy) is 2. The number of benzene rings is 1. The van der Waals surface area contributed by atoms with Crippen LogP contribution in [0.15, 0.2) is 18.2 Å². The van der Waals surface area contributed by atoms with E-state index in [9.17, 15) is 18.0 Å². The minimum Gasteiger partial charge on any atom is -0.480 e. The van der Waals surface area contributed by atoms with E-state index in [0.29, 0.717) is 13.2 Å². The molecule has 0 radical (unpaired) electrons. The zero-order chi connectivity index (χ0) is 23.0. The Morgan fingerprint density at radius 1 is 1.26 bits per heavy atom. The first kappa shape index (κ1) is 25.1.